The molecule has 0 aliphatic rings. The molecule has 0 aliphatic heterocycles. The molecule has 0 saturated carbocycles. The van der Waals surface area contributed by atoms with Crippen LogP contribution in [0, 0.1) is 6.92 Å². The number of carbonyl (C=O) groups excluding carboxylic acids is 1. The van der Waals surface area contributed by atoms with Crippen LogP contribution in [0.4, 0.5) is 0 Å². The van der Waals surface area contributed by atoms with E-state index < -0.39 is 11.6 Å². The van der Waals surface area contributed by atoms with Crippen LogP contribution in [0.5, 0.6) is 0 Å². The Morgan fingerprint density at radius 1 is 1.21 bits per heavy atom. The largest absolute Gasteiger partial charge is 0.455 e. The van der Waals surface area contributed by atoms with Crippen LogP contribution in [-0.2, 0) is 4.74 Å². The summed E-state index contributed by atoms with van der Waals surface area (Å²) in [4.78, 5) is 16.2. The van der Waals surface area contributed by atoms with Gasteiger partial charge < -0.3 is 9.15 Å². The third kappa shape index (κ3) is 3.22. The van der Waals surface area contributed by atoms with E-state index in [-0.39, 0.29) is 5.69 Å². The molecule has 0 unspecified atom stereocenters. The lowest BCUT2D eigenvalue weighted by Crippen LogP contribution is -2.24. The Morgan fingerprint density at radius 2 is 1.84 bits per heavy atom. The number of hydrogen-bond donors (Lipinski definition) is 0. The fourth-order valence-electron chi connectivity index (χ4n) is 1.62. The minimum absolute atomic E-state index is 0.230. The fraction of sp³-hybridized carbons (Fsp3) is 0.333. The van der Waals surface area contributed by atoms with E-state index in [9.17, 15) is 4.79 Å². The Labute approximate surface area is 112 Å². The van der Waals surface area contributed by atoms with Gasteiger partial charge in [0.2, 0.25) is 5.89 Å². The molecular weight excluding hydrogens is 242 g/mol. The van der Waals surface area contributed by atoms with Gasteiger partial charge >= 0.3 is 5.97 Å². The summed E-state index contributed by atoms with van der Waals surface area (Å²) in [5.74, 6) is 0.433. The van der Waals surface area contributed by atoms with E-state index in [0.29, 0.717) is 11.7 Å². The van der Waals surface area contributed by atoms with Crippen LogP contribution < -0.4 is 0 Å². The van der Waals surface area contributed by atoms with Gasteiger partial charge in [0.05, 0.1) is 0 Å². The predicted octanol–water partition coefficient (Wildman–Crippen LogP) is 3.61. The molecule has 4 nitrogen and oxygen atoms in total. The van der Waals surface area contributed by atoms with E-state index in [2.05, 4.69) is 4.98 Å². The molecule has 0 bridgehead atoms. The first-order valence-electron chi connectivity index (χ1n) is 6.13. The van der Waals surface area contributed by atoms with Gasteiger partial charge in [0.1, 0.15) is 11.4 Å². The highest BCUT2D eigenvalue weighted by Crippen LogP contribution is 2.22. The number of aryl methyl sites for hydroxylation is 1. The van der Waals surface area contributed by atoms with Crippen molar-refractivity contribution in [3.8, 4) is 11.5 Å². The van der Waals surface area contributed by atoms with E-state index >= 15 is 0 Å². The van der Waals surface area contributed by atoms with Crippen molar-refractivity contribution in [2.75, 3.05) is 0 Å². The molecule has 1 heterocycles. The summed E-state index contributed by atoms with van der Waals surface area (Å²) in [5, 5.41) is 0. The molecule has 0 radical (unpaired) electrons. The maximum atomic E-state index is 12.0. The summed E-state index contributed by atoms with van der Waals surface area (Å²) < 4.78 is 10.8. The molecule has 0 saturated heterocycles. The second-order valence-corrected chi connectivity index (χ2v) is 5.29. The van der Waals surface area contributed by atoms with Crippen LogP contribution in [0.1, 0.15) is 37.0 Å². The summed E-state index contributed by atoms with van der Waals surface area (Å²) in [7, 11) is 0. The van der Waals surface area contributed by atoms with Crippen molar-refractivity contribution in [3.05, 3.63) is 41.8 Å². The van der Waals surface area contributed by atoms with Crippen molar-refractivity contribution in [1.29, 1.82) is 0 Å². The van der Waals surface area contributed by atoms with Gasteiger partial charge in [-0.25, -0.2) is 9.78 Å². The standard InChI is InChI=1S/C15H17NO3/c1-10-12(14(17)19-15(2,3)4)16-13(18-10)11-8-6-5-7-9-11/h5-9H,1-4H3. The molecule has 0 N–H and O–H groups in total. The molecule has 0 atom stereocenters. The smallest absolute Gasteiger partial charge is 0.361 e. The number of esters is 1. The van der Waals surface area contributed by atoms with Gasteiger partial charge in [0.25, 0.3) is 0 Å². The fourth-order valence-corrected chi connectivity index (χ4v) is 1.62. The van der Waals surface area contributed by atoms with Crippen LogP contribution >= 0.6 is 0 Å². The molecule has 19 heavy (non-hydrogen) atoms. The predicted molar refractivity (Wildman–Crippen MR) is 71.8 cm³/mol. The van der Waals surface area contributed by atoms with Crippen molar-refractivity contribution >= 4 is 5.97 Å². The van der Waals surface area contributed by atoms with Gasteiger partial charge in [-0.3, -0.25) is 0 Å². The number of ether oxygens (including phenoxy) is 1. The molecule has 1 aromatic carbocycles. The second-order valence-electron chi connectivity index (χ2n) is 5.29. The Balaban J connectivity index is 2.30. The molecule has 0 fully saturated rings. The minimum Gasteiger partial charge on any atom is -0.455 e. The Kier molecular flexibility index (Phi) is 3.42. The van der Waals surface area contributed by atoms with Crippen molar-refractivity contribution in [2.45, 2.75) is 33.3 Å². The molecular formula is C15H17NO3. The van der Waals surface area contributed by atoms with Crippen LogP contribution in [0.25, 0.3) is 11.5 Å². The zero-order valence-corrected chi connectivity index (χ0v) is 11.6. The monoisotopic (exact) mass is 259 g/mol. The Hall–Kier alpha value is -2.10. The number of rotatable bonds is 2. The second kappa shape index (κ2) is 4.88. The minimum atomic E-state index is -0.546. The van der Waals surface area contributed by atoms with Gasteiger partial charge in [-0.15, -0.1) is 0 Å². The first-order chi connectivity index (χ1) is 8.87. The Morgan fingerprint density at radius 3 is 2.42 bits per heavy atom. The summed E-state index contributed by atoms with van der Waals surface area (Å²) >= 11 is 0. The highest BCUT2D eigenvalue weighted by molar-refractivity contribution is 5.89. The van der Waals surface area contributed by atoms with Gasteiger partial charge in [-0.05, 0) is 39.8 Å². The first kappa shape index (κ1) is 13.3. The number of carbonyl (C=O) groups is 1. The molecule has 0 spiro atoms. The van der Waals surface area contributed by atoms with Gasteiger partial charge in [-0.2, -0.15) is 0 Å². The third-order valence-electron chi connectivity index (χ3n) is 2.41. The normalized spacial score (nSPS) is 11.4. The molecule has 0 aliphatic carbocycles. The third-order valence-corrected chi connectivity index (χ3v) is 2.41. The van der Waals surface area contributed by atoms with Crippen LogP contribution in [-0.4, -0.2) is 16.6 Å². The van der Waals surface area contributed by atoms with Crippen LogP contribution in [0.3, 0.4) is 0 Å². The number of benzene rings is 1. The highest BCUT2D eigenvalue weighted by Gasteiger charge is 2.24. The van der Waals surface area contributed by atoms with Crippen LogP contribution in [0.2, 0.25) is 0 Å². The van der Waals surface area contributed by atoms with E-state index in [1.165, 1.54) is 0 Å². The van der Waals surface area contributed by atoms with E-state index in [0.717, 1.165) is 5.56 Å². The van der Waals surface area contributed by atoms with Gasteiger partial charge in [-0.1, -0.05) is 18.2 Å². The van der Waals surface area contributed by atoms with Crippen molar-refractivity contribution in [2.24, 2.45) is 0 Å². The van der Waals surface area contributed by atoms with Crippen LogP contribution in [0.15, 0.2) is 34.7 Å². The zero-order valence-electron chi connectivity index (χ0n) is 11.6. The maximum Gasteiger partial charge on any atom is 0.361 e. The lowest BCUT2D eigenvalue weighted by atomic mass is 10.2. The van der Waals surface area contributed by atoms with Gasteiger partial charge in [0, 0.05) is 5.56 Å². The molecule has 4 heteroatoms. The maximum absolute atomic E-state index is 12.0. The van der Waals surface area contributed by atoms with Crippen molar-refractivity contribution < 1.29 is 13.9 Å². The lowest BCUT2D eigenvalue weighted by molar-refractivity contribution is 0.00618. The summed E-state index contributed by atoms with van der Waals surface area (Å²) in [6.07, 6.45) is 0. The number of hydrogen-bond acceptors (Lipinski definition) is 4. The zero-order chi connectivity index (χ0) is 14.0. The first-order valence-corrected chi connectivity index (χ1v) is 6.13. The average Bonchev–Trinajstić information content (AvgIpc) is 2.70. The quantitative estimate of drug-likeness (QED) is 0.773. The summed E-state index contributed by atoms with van der Waals surface area (Å²) in [6.45, 7) is 7.16. The molecule has 100 valence electrons. The lowest BCUT2D eigenvalue weighted by Gasteiger charge is -2.18. The van der Waals surface area contributed by atoms with E-state index in [1.807, 2.05) is 51.1 Å². The summed E-state index contributed by atoms with van der Waals surface area (Å²) in [6, 6.07) is 9.45. The average molecular weight is 259 g/mol. The number of nitrogens with zero attached hydrogens (tertiary/aromatic N) is 1. The van der Waals surface area contributed by atoms with Gasteiger partial charge in [0.15, 0.2) is 5.69 Å². The van der Waals surface area contributed by atoms with E-state index in [1.54, 1.807) is 6.92 Å². The molecule has 2 aromatic rings. The van der Waals surface area contributed by atoms with Crippen molar-refractivity contribution in [1.82, 2.24) is 4.98 Å². The van der Waals surface area contributed by atoms with E-state index in [4.69, 9.17) is 9.15 Å². The highest BCUT2D eigenvalue weighted by atomic mass is 16.6. The summed E-state index contributed by atoms with van der Waals surface area (Å²) in [5.41, 5.74) is 0.518. The molecule has 1 aromatic heterocycles. The van der Waals surface area contributed by atoms with Crippen molar-refractivity contribution in [3.63, 3.8) is 0 Å². The topological polar surface area (TPSA) is 52.3 Å². The number of oxazole rings is 1. The molecule has 2 rings (SSSR count). The molecule has 0 amide bonds. The SMILES string of the molecule is Cc1oc(-c2ccccc2)nc1C(=O)OC(C)(C)C. The number of aromatic nitrogens is 1. The Bertz CT molecular complexity index is 579.